The van der Waals surface area contributed by atoms with Crippen molar-refractivity contribution in [2.24, 2.45) is 0 Å². The van der Waals surface area contributed by atoms with E-state index >= 15 is 0 Å². The molecule has 0 aliphatic carbocycles. The molecule has 0 aromatic heterocycles. The van der Waals surface area contributed by atoms with Crippen molar-refractivity contribution in [1.29, 1.82) is 0 Å². The fraction of sp³-hybridized carbons (Fsp3) is 0.357. The fourth-order valence-electron chi connectivity index (χ4n) is 1.27. The molecule has 0 heterocycles. The lowest BCUT2D eigenvalue weighted by atomic mass is 10.0. The van der Waals surface area contributed by atoms with Gasteiger partial charge in [0.25, 0.3) is 0 Å². The quantitative estimate of drug-likeness (QED) is 0.839. The zero-order chi connectivity index (χ0) is 13.8. The first-order valence-electron chi connectivity index (χ1n) is 5.79. The zero-order valence-corrected chi connectivity index (χ0v) is 12.3. The summed E-state index contributed by atoms with van der Waals surface area (Å²) in [6.07, 6.45) is 3.65. The number of rotatable bonds is 4. The highest BCUT2D eigenvalue weighted by Gasteiger charge is 2.15. The Labute approximate surface area is 115 Å². The van der Waals surface area contributed by atoms with Crippen LogP contribution in [0.15, 0.2) is 28.7 Å². The van der Waals surface area contributed by atoms with Crippen molar-refractivity contribution in [2.75, 3.05) is 0 Å². The lowest BCUT2D eigenvalue weighted by Crippen LogP contribution is -2.41. The molecule has 0 saturated heterocycles. The number of hydrogen-bond acceptors (Lipinski definition) is 1. The smallest absolute Gasteiger partial charge is 0.244 e. The van der Waals surface area contributed by atoms with Crippen molar-refractivity contribution in [3.63, 3.8) is 0 Å². The van der Waals surface area contributed by atoms with E-state index in [0.717, 1.165) is 10.9 Å². The van der Waals surface area contributed by atoms with Crippen LogP contribution >= 0.6 is 15.9 Å². The van der Waals surface area contributed by atoms with E-state index in [1.165, 1.54) is 18.2 Å². The van der Waals surface area contributed by atoms with Crippen LogP contribution in [0.2, 0.25) is 0 Å². The van der Waals surface area contributed by atoms with Gasteiger partial charge < -0.3 is 5.32 Å². The molecule has 1 amide bonds. The van der Waals surface area contributed by atoms with Crippen LogP contribution in [0.1, 0.15) is 32.8 Å². The van der Waals surface area contributed by atoms with Crippen LogP contribution in [0, 0.1) is 5.82 Å². The van der Waals surface area contributed by atoms with E-state index in [-0.39, 0.29) is 17.3 Å². The average molecular weight is 314 g/mol. The molecule has 0 bridgehead atoms. The van der Waals surface area contributed by atoms with E-state index in [9.17, 15) is 9.18 Å². The maximum Gasteiger partial charge on any atom is 0.244 e. The van der Waals surface area contributed by atoms with Gasteiger partial charge in [0.15, 0.2) is 0 Å². The number of carbonyl (C=O) groups excluding carboxylic acids is 1. The highest BCUT2D eigenvalue weighted by Crippen LogP contribution is 2.16. The first-order chi connectivity index (χ1) is 8.34. The van der Waals surface area contributed by atoms with E-state index < -0.39 is 0 Å². The molecule has 1 aromatic carbocycles. The molecule has 0 saturated carbocycles. The predicted octanol–water partition coefficient (Wildman–Crippen LogP) is 3.91. The number of halogens is 2. The molecule has 0 aliphatic rings. The molecule has 0 fully saturated rings. The molecule has 18 heavy (non-hydrogen) atoms. The van der Waals surface area contributed by atoms with Gasteiger partial charge in [-0.25, -0.2) is 4.39 Å². The summed E-state index contributed by atoms with van der Waals surface area (Å²) in [5.41, 5.74) is 0.130. The normalized spacial score (nSPS) is 11.8. The minimum Gasteiger partial charge on any atom is -0.348 e. The maximum atomic E-state index is 13.4. The van der Waals surface area contributed by atoms with Gasteiger partial charge in [0.1, 0.15) is 5.82 Å². The van der Waals surface area contributed by atoms with Crippen molar-refractivity contribution in [3.05, 3.63) is 40.1 Å². The number of carbonyl (C=O) groups is 1. The molecule has 98 valence electrons. The SMILES string of the molecule is CCC(C)(C)NC(=O)/C=C/c1cc(Br)ccc1F. The number of nitrogens with one attached hydrogen (secondary N) is 1. The third-order valence-electron chi connectivity index (χ3n) is 2.72. The Balaban J connectivity index is 2.75. The molecule has 1 rings (SSSR count). The Bertz CT molecular complexity index is 469. The predicted molar refractivity (Wildman–Crippen MR) is 75.6 cm³/mol. The van der Waals surface area contributed by atoms with Crippen LogP contribution in [0.5, 0.6) is 0 Å². The van der Waals surface area contributed by atoms with Crippen LogP contribution in [-0.2, 0) is 4.79 Å². The Morgan fingerprint density at radius 2 is 2.17 bits per heavy atom. The Morgan fingerprint density at radius 3 is 2.78 bits per heavy atom. The van der Waals surface area contributed by atoms with Crippen LogP contribution in [-0.4, -0.2) is 11.4 Å². The second kappa shape index (κ2) is 6.14. The van der Waals surface area contributed by atoms with E-state index in [0.29, 0.717) is 5.56 Å². The van der Waals surface area contributed by atoms with Gasteiger partial charge in [-0.15, -0.1) is 0 Å². The molecule has 0 radical (unpaired) electrons. The Hall–Kier alpha value is -1.16. The molecule has 0 spiro atoms. The molecule has 1 N–H and O–H groups in total. The Morgan fingerprint density at radius 1 is 1.50 bits per heavy atom. The summed E-state index contributed by atoms with van der Waals surface area (Å²) < 4.78 is 14.2. The third kappa shape index (κ3) is 4.61. The largest absolute Gasteiger partial charge is 0.348 e. The average Bonchev–Trinajstić information content (AvgIpc) is 2.30. The van der Waals surface area contributed by atoms with Crippen LogP contribution in [0.4, 0.5) is 4.39 Å². The van der Waals surface area contributed by atoms with Gasteiger partial charge in [-0.05, 0) is 44.5 Å². The number of amides is 1. The van der Waals surface area contributed by atoms with E-state index in [1.807, 2.05) is 20.8 Å². The molecule has 4 heteroatoms. The summed E-state index contributed by atoms with van der Waals surface area (Å²) in [6.45, 7) is 5.88. The van der Waals surface area contributed by atoms with Crippen molar-refractivity contribution in [1.82, 2.24) is 5.32 Å². The van der Waals surface area contributed by atoms with Gasteiger partial charge in [0.05, 0.1) is 0 Å². The minimum atomic E-state index is -0.350. The highest BCUT2D eigenvalue weighted by atomic mass is 79.9. The minimum absolute atomic E-state index is 0.221. The first kappa shape index (κ1) is 14.9. The maximum absolute atomic E-state index is 13.4. The Kier molecular flexibility index (Phi) is 5.08. The lowest BCUT2D eigenvalue weighted by molar-refractivity contribution is -0.117. The molecule has 0 unspecified atom stereocenters. The molecular formula is C14H17BrFNO. The van der Waals surface area contributed by atoms with Crippen molar-refractivity contribution < 1.29 is 9.18 Å². The summed E-state index contributed by atoms with van der Waals surface area (Å²) in [5.74, 6) is -0.571. The molecular weight excluding hydrogens is 297 g/mol. The second-order valence-corrected chi connectivity index (χ2v) is 5.64. The highest BCUT2D eigenvalue weighted by molar-refractivity contribution is 9.10. The summed E-state index contributed by atoms with van der Waals surface area (Å²) in [4.78, 5) is 11.7. The summed E-state index contributed by atoms with van der Waals surface area (Å²) in [5, 5.41) is 2.85. The molecule has 1 aromatic rings. The van der Waals surface area contributed by atoms with E-state index in [4.69, 9.17) is 0 Å². The van der Waals surface area contributed by atoms with E-state index in [2.05, 4.69) is 21.2 Å². The van der Waals surface area contributed by atoms with Gasteiger partial charge in [-0.2, -0.15) is 0 Å². The molecule has 0 atom stereocenters. The molecule has 0 aliphatic heterocycles. The van der Waals surface area contributed by atoms with Gasteiger partial charge in [0, 0.05) is 21.7 Å². The topological polar surface area (TPSA) is 29.1 Å². The standard InChI is InChI=1S/C14H17BrFNO/c1-4-14(2,3)17-13(18)8-5-10-9-11(15)6-7-12(10)16/h5-9H,4H2,1-3H3,(H,17,18)/b8-5+. The van der Waals surface area contributed by atoms with Gasteiger partial charge in [-0.1, -0.05) is 22.9 Å². The summed E-state index contributed by atoms with van der Waals surface area (Å²) in [6, 6.07) is 4.61. The van der Waals surface area contributed by atoms with Crippen LogP contribution in [0.25, 0.3) is 6.08 Å². The molecule has 2 nitrogen and oxygen atoms in total. The van der Waals surface area contributed by atoms with Gasteiger partial charge >= 0.3 is 0 Å². The lowest BCUT2D eigenvalue weighted by Gasteiger charge is -2.23. The second-order valence-electron chi connectivity index (χ2n) is 4.73. The monoisotopic (exact) mass is 313 g/mol. The fourth-order valence-corrected chi connectivity index (χ4v) is 1.65. The van der Waals surface area contributed by atoms with Crippen molar-refractivity contribution in [3.8, 4) is 0 Å². The summed E-state index contributed by atoms with van der Waals surface area (Å²) >= 11 is 3.26. The van der Waals surface area contributed by atoms with Crippen molar-refractivity contribution >= 4 is 27.9 Å². The first-order valence-corrected chi connectivity index (χ1v) is 6.58. The van der Waals surface area contributed by atoms with E-state index in [1.54, 1.807) is 12.1 Å². The van der Waals surface area contributed by atoms with Gasteiger partial charge in [0.2, 0.25) is 5.91 Å². The van der Waals surface area contributed by atoms with Gasteiger partial charge in [-0.3, -0.25) is 4.79 Å². The zero-order valence-electron chi connectivity index (χ0n) is 10.8. The van der Waals surface area contributed by atoms with Crippen LogP contribution in [0.3, 0.4) is 0 Å². The number of benzene rings is 1. The van der Waals surface area contributed by atoms with Crippen molar-refractivity contribution in [2.45, 2.75) is 32.7 Å². The third-order valence-corrected chi connectivity index (χ3v) is 3.21. The summed E-state index contributed by atoms with van der Waals surface area (Å²) in [7, 11) is 0. The van der Waals surface area contributed by atoms with Crippen LogP contribution < -0.4 is 5.32 Å². The number of hydrogen-bond donors (Lipinski definition) is 1.